The second-order valence-corrected chi connectivity index (χ2v) is 2.92. The molecule has 0 aliphatic heterocycles. The molecule has 0 radical (unpaired) electrons. The van der Waals surface area contributed by atoms with E-state index < -0.39 is 11.5 Å². The molecule has 0 spiro atoms. The molecule has 3 N–H and O–H groups in total. The summed E-state index contributed by atoms with van der Waals surface area (Å²) in [6.07, 6.45) is 2.96. The molecule has 0 fully saturated rings. The van der Waals surface area contributed by atoms with Crippen molar-refractivity contribution in [3.8, 4) is 0 Å². The molecule has 0 rings (SSSR count). The summed E-state index contributed by atoms with van der Waals surface area (Å²) in [5.74, 6) is -0.881. The highest BCUT2D eigenvalue weighted by molar-refractivity contribution is 5.78. The van der Waals surface area contributed by atoms with Gasteiger partial charge in [-0.3, -0.25) is 4.79 Å². The summed E-state index contributed by atoms with van der Waals surface area (Å²) in [5, 5.41) is 8.73. The summed E-state index contributed by atoms with van der Waals surface area (Å²) in [7, 11) is 0. The lowest BCUT2D eigenvalue weighted by Crippen LogP contribution is -2.47. The van der Waals surface area contributed by atoms with Gasteiger partial charge in [-0.05, 0) is 12.8 Å². The summed E-state index contributed by atoms with van der Waals surface area (Å²) < 4.78 is 0. The van der Waals surface area contributed by atoms with Crippen molar-refractivity contribution < 1.29 is 9.90 Å². The molecule has 0 aromatic heterocycles. The summed E-state index contributed by atoms with van der Waals surface area (Å²) in [6.45, 7) is 3.84. The third-order valence-corrected chi connectivity index (χ3v) is 2.03. The number of hydrogen-bond acceptors (Lipinski definition) is 2. The van der Waals surface area contributed by atoms with Crippen molar-refractivity contribution in [1.82, 2.24) is 0 Å². The maximum absolute atomic E-state index is 10.6. The number of aliphatic carboxylic acids is 1. The highest BCUT2D eigenvalue weighted by Gasteiger charge is 2.30. The zero-order valence-electron chi connectivity index (χ0n) is 7.26. The first-order valence-electron chi connectivity index (χ1n) is 4.09. The van der Waals surface area contributed by atoms with E-state index in [-0.39, 0.29) is 0 Å². The summed E-state index contributed by atoms with van der Waals surface area (Å²) in [4.78, 5) is 10.6. The fraction of sp³-hybridized carbons (Fsp3) is 0.875. The fourth-order valence-corrected chi connectivity index (χ4v) is 0.927. The van der Waals surface area contributed by atoms with Gasteiger partial charge < -0.3 is 10.8 Å². The van der Waals surface area contributed by atoms with Gasteiger partial charge in [0.25, 0.3) is 0 Å². The van der Waals surface area contributed by atoms with Gasteiger partial charge in [-0.2, -0.15) is 0 Å². The van der Waals surface area contributed by atoms with Crippen molar-refractivity contribution in [3.05, 3.63) is 0 Å². The molecular formula is C8H17NO2. The molecule has 0 saturated carbocycles. The van der Waals surface area contributed by atoms with Crippen molar-refractivity contribution in [2.75, 3.05) is 0 Å². The number of carboxylic acid groups (broad SMARTS) is 1. The topological polar surface area (TPSA) is 63.3 Å². The molecule has 0 amide bonds. The monoisotopic (exact) mass is 159 g/mol. The van der Waals surface area contributed by atoms with E-state index in [0.717, 1.165) is 12.8 Å². The van der Waals surface area contributed by atoms with Crippen molar-refractivity contribution in [1.29, 1.82) is 0 Å². The van der Waals surface area contributed by atoms with E-state index >= 15 is 0 Å². The van der Waals surface area contributed by atoms with Crippen LogP contribution in [0.1, 0.15) is 39.5 Å². The molecule has 3 heteroatoms. The first kappa shape index (κ1) is 10.4. The van der Waals surface area contributed by atoms with Crippen LogP contribution in [0.25, 0.3) is 0 Å². The van der Waals surface area contributed by atoms with Crippen LogP contribution in [0.4, 0.5) is 0 Å². The van der Waals surface area contributed by atoms with Crippen molar-refractivity contribution in [2.24, 2.45) is 5.73 Å². The first-order chi connectivity index (χ1) is 5.06. The number of carboxylic acids is 1. The van der Waals surface area contributed by atoms with E-state index in [0.29, 0.717) is 12.8 Å². The van der Waals surface area contributed by atoms with E-state index in [2.05, 4.69) is 0 Å². The van der Waals surface area contributed by atoms with E-state index in [1.54, 1.807) is 0 Å². The summed E-state index contributed by atoms with van der Waals surface area (Å²) in [6, 6.07) is 0. The van der Waals surface area contributed by atoms with Crippen LogP contribution in [0, 0.1) is 0 Å². The molecule has 66 valence electrons. The van der Waals surface area contributed by atoms with Gasteiger partial charge in [-0.15, -0.1) is 0 Å². The summed E-state index contributed by atoms with van der Waals surface area (Å²) in [5.41, 5.74) is 4.64. The average molecular weight is 159 g/mol. The minimum atomic E-state index is -0.990. The molecule has 1 atom stereocenters. The Morgan fingerprint density at radius 1 is 1.55 bits per heavy atom. The highest BCUT2D eigenvalue weighted by atomic mass is 16.4. The normalized spacial score (nSPS) is 15.9. The number of unbranched alkanes of at least 4 members (excludes halogenated alkanes) is 1. The molecule has 0 aromatic carbocycles. The van der Waals surface area contributed by atoms with E-state index in [1.807, 2.05) is 13.8 Å². The van der Waals surface area contributed by atoms with Crippen LogP contribution in [0.15, 0.2) is 0 Å². The Kier molecular flexibility index (Phi) is 4.11. The predicted octanol–water partition coefficient (Wildman–Crippen LogP) is 1.37. The molecule has 0 aliphatic rings. The maximum Gasteiger partial charge on any atom is 0.323 e. The third kappa shape index (κ3) is 2.89. The number of carbonyl (C=O) groups is 1. The number of hydrogen-bond donors (Lipinski definition) is 2. The van der Waals surface area contributed by atoms with Crippen LogP contribution in [-0.2, 0) is 4.79 Å². The average Bonchev–Trinajstić information content (AvgIpc) is 2.00. The minimum absolute atomic E-state index is 0.502. The van der Waals surface area contributed by atoms with Crippen molar-refractivity contribution in [2.45, 2.75) is 45.1 Å². The van der Waals surface area contributed by atoms with Crippen LogP contribution in [0.3, 0.4) is 0 Å². The molecule has 3 nitrogen and oxygen atoms in total. The van der Waals surface area contributed by atoms with Gasteiger partial charge in [0.05, 0.1) is 0 Å². The van der Waals surface area contributed by atoms with Gasteiger partial charge in [0.1, 0.15) is 5.54 Å². The van der Waals surface area contributed by atoms with Gasteiger partial charge in [0.15, 0.2) is 0 Å². The van der Waals surface area contributed by atoms with Gasteiger partial charge in [0, 0.05) is 0 Å². The molecule has 0 unspecified atom stereocenters. The van der Waals surface area contributed by atoms with Crippen LogP contribution < -0.4 is 5.73 Å². The van der Waals surface area contributed by atoms with E-state index in [1.165, 1.54) is 0 Å². The Hall–Kier alpha value is -0.570. The van der Waals surface area contributed by atoms with Crippen LogP contribution >= 0.6 is 0 Å². The lowest BCUT2D eigenvalue weighted by atomic mass is 9.91. The van der Waals surface area contributed by atoms with Crippen molar-refractivity contribution >= 4 is 5.97 Å². The zero-order chi connectivity index (χ0) is 8.91. The van der Waals surface area contributed by atoms with E-state index in [9.17, 15) is 4.79 Å². The summed E-state index contributed by atoms with van der Waals surface area (Å²) >= 11 is 0. The van der Waals surface area contributed by atoms with Crippen LogP contribution in [-0.4, -0.2) is 16.6 Å². The SMILES string of the molecule is CCCC[C@](N)(CC)C(=O)O. The lowest BCUT2D eigenvalue weighted by Gasteiger charge is -2.22. The molecule has 11 heavy (non-hydrogen) atoms. The number of nitrogens with two attached hydrogens (primary N) is 1. The Balaban J connectivity index is 3.99. The second-order valence-electron chi connectivity index (χ2n) is 2.92. The smallest absolute Gasteiger partial charge is 0.323 e. The quantitative estimate of drug-likeness (QED) is 0.636. The molecule has 0 saturated heterocycles. The molecule has 0 aliphatic carbocycles. The third-order valence-electron chi connectivity index (χ3n) is 2.03. The molecule has 0 bridgehead atoms. The van der Waals surface area contributed by atoms with Gasteiger partial charge in [-0.1, -0.05) is 26.7 Å². The van der Waals surface area contributed by atoms with Crippen LogP contribution in [0.2, 0.25) is 0 Å². The second kappa shape index (κ2) is 4.34. The Morgan fingerprint density at radius 2 is 2.09 bits per heavy atom. The fourth-order valence-electron chi connectivity index (χ4n) is 0.927. The Labute approximate surface area is 67.6 Å². The predicted molar refractivity (Wildman–Crippen MR) is 44.4 cm³/mol. The van der Waals surface area contributed by atoms with Gasteiger partial charge in [0.2, 0.25) is 0 Å². The minimum Gasteiger partial charge on any atom is -0.480 e. The zero-order valence-corrected chi connectivity index (χ0v) is 7.26. The van der Waals surface area contributed by atoms with Gasteiger partial charge >= 0.3 is 5.97 Å². The molecular weight excluding hydrogens is 142 g/mol. The standard InChI is InChI=1S/C8H17NO2/c1-3-5-6-8(9,4-2)7(10)11/h3-6,9H2,1-2H3,(H,10,11)/t8-/m1/s1. The lowest BCUT2D eigenvalue weighted by molar-refractivity contribution is -0.143. The van der Waals surface area contributed by atoms with Crippen LogP contribution in [0.5, 0.6) is 0 Å². The largest absolute Gasteiger partial charge is 0.480 e. The molecule has 0 aromatic rings. The maximum atomic E-state index is 10.6. The van der Waals surface area contributed by atoms with E-state index in [4.69, 9.17) is 10.8 Å². The van der Waals surface area contributed by atoms with Gasteiger partial charge in [-0.25, -0.2) is 0 Å². The Morgan fingerprint density at radius 3 is 2.36 bits per heavy atom. The van der Waals surface area contributed by atoms with Crippen molar-refractivity contribution in [3.63, 3.8) is 0 Å². The number of rotatable bonds is 5. The highest BCUT2D eigenvalue weighted by Crippen LogP contribution is 2.15. The first-order valence-corrected chi connectivity index (χ1v) is 4.09. The Bertz CT molecular complexity index is 136. The molecule has 0 heterocycles.